The Morgan fingerprint density at radius 1 is 1.35 bits per heavy atom. The summed E-state index contributed by atoms with van der Waals surface area (Å²) < 4.78 is 44.4. The molecule has 0 amide bonds. The fourth-order valence-corrected chi connectivity index (χ4v) is 4.18. The average molecular weight is 343 g/mol. The monoisotopic (exact) mass is 343 g/mol. The molecule has 1 saturated heterocycles. The first kappa shape index (κ1) is 16.2. The van der Waals surface area contributed by atoms with Crippen LogP contribution >= 0.6 is 11.8 Å². The Labute approximate surface area is 136 Å². The summed E-state index contributed by atoms with van der Waals surface area (Å²) in [6, 6.07) is 4.81. The topological polar surface area (TPSA) is 38.3 Å². The third-order valence-electron chi connectivity index (χ3n) is 4.08. The van der Waals surface area contributed by atoms with Gasteiger partial charge in [-0.3, -0.25) is 4.79 Å². The molecule has 2 unspecified atom stereocenters. The second-order valence-electron chi connectivity index (χ2n) is 5.56. The Bertz CT molecular complexity index is 651. The number of nitrogens with one attached hydrogen (secondary N) is 1. The molecular formula is C16H16F3NO2S. The minimum Gasteiger partial charge on any atom is -0.467 e. The molecule has 124 valence electrons. The molecule has 2 heterocycles. The molecule has 1 aromatic rings. The van der Waals surface area contributed by atoms with E-state index in [4.69, 9.17) is 4.74 Å². The molecule has 1 N–H and O–H groups in total. The molecule has 0 radical (unpaired) electrons. The average Bonchev–Trinajstić information content (AvgIpc) is 3.13. The summed E-state index contributed by atoms with van der Waals surface area (Å²) in [5.74, 6) is 1.95. The number of Topliss-reactive ketones (excluding diaryl/α,β-unsaturated/α-hetero) is 1. The summed E-state index contributed by atoms with van der Waals surface area (Å²) in [4.78, 5) is 12.7. The van der Waals surface area contributed by atoms with E-state index in [1.807, 2.05) is 0 Å². The van der Waals surface area contributed by atoms with Crippen molar-refractivity contribution >= 4 is 23.1 Å². The van der Waals surface area contributed by atoms with Crippen molar-refractivity contribution in [3.63, 3.8) is 0 Å². The van der Waals surface area contributed by atoms with E-state index in [0.29, 0.717) is 0 Å². The van der Waals surface area contributed by atoms with Gasteiger partial charge in [-0.15, -0.1) is 0 Å². The highest BCUT2D eigenvalue weighted by Crippen LogP contribution is 2.38. The van der Waals surface area contributed by atoms with E-state index in [1.54, 1.807) is 18.8 Å². The van der Waals surface area contributed by atoms with Crippen molar-refractivity contribution in [1.29, 1.82) is 0 Å². The van der Waals surface area contributed by atoms with E-state index in [1.165, 1.54) is 12.1 Å². The summed E-state index contributed by atoms with van der Waals surface area (Å²) in [7, 11) is 1.60. The van der Waals surface area contributed by atoms with Gasteiger partial charge in [-0.05, 0) is 29.9 Å². The number of carbonyl (C=O) groups is 1. The van der Waals surface area contributed by atoms with Gasteiger partial charge in [0, 0.05) is 18.7 Å². The van der Waals surface area contributed by atoms with Gasteiger partial charge in [-0.2, -0.15) is 24.9 Å². The highest BCUT2D eigenvalue weighted by molar-refractivity contribution is 7.99. The molecule has 2 atom stereocenters. The van der Waals surface area contributed by atoms with E-state index < -0.39 is 17.8 Å². The first-order chi connectivity index (χ1) is 10.9. The smallest absolute Gasteiger partial charge is 0.416 e. The number of hydrogen-bond acceptors (Lipinski definition) is 4. The van der Waals surface area contributed by atoms with Crippen LogP contribution in [-0.4, -0.2) is 30.4 Å². The van der Waals surface area contributed by atoms with Crippen LogP contribution in [0.15, 0.2) is 30.1 Å². The molecule has 2 aliphatic heterocycles. The summed E-state index contributed by atoms with van der Waals surface area (Å²) in [5.41, 5.74) is -0.326. The van der Waals surface area contributed by atoms with Crippen molar-refractivity contribution in [2.45, 2.75) is 18.7 Å². The van der Waals surface area contributed by atoms with Gasteiger partial charge in [0.05, 0.1) is 11.1 Å². The number of ketones is 1. The molecule has 7 heteroatoms. The summed E-state index contributed by atoms with van der Waals surface area (Å²) >= 11 is 1.76. The van der Waals surface area contributed by atoms with Crippen LogP contribution in [0.25, 0.3) is 5.57 Å². The molecule has 2 aliphatic rings. The predicted molar refractivity (Wildman–Crippen MR) is 82.7 cm³/mol. The lowest BCUT2D eigenvalue weighted by Gasteiger charge is -2.16. The van der Waals surface area contributed by atoms with Gasteiger partial charge in [0.1, 0.15) is 0 Å². The van der Waals surface area contributed by atoms with Crippen LogP contribution in [0.5, 0.6) is 0 Å². The van der Waals surface area contributed by atoms with Crippen molar-refractivity contribution in [3.05, 3.63) is 41.3 Å². The number of benzene rings is 1. The van der Waals surface area contributed by atoms with Crippen LogP contribution in [0.3, 0.4) is 0 Å². The quantitative estimate of drug-likeness (QED) is 0.914. The first-order valence-corrected chi connectivity index (χ1v) is 8.45. The van der Waals surface area contributed by atoms with Crippen LogP contribution in [0.1, 0.15) is 17.5 Å². The first-order valence-electron chi connectivity index (χ1n) is 7.30. The Kier molecular flexibility index (Phi) is 4.31. The van der Waals surface area contributed by atoms with E-state index in [-0.39, 0.29) is 28.7 Å². The third-order valence-corrected chi connectivity index (χ3v) is 5.26. The minimum atomic E-state index is -4.44. The van der Waals surface area contributed by atoms with Gasteiger partial charge in [0.15, 0.2) is 12.0 Å². The third kappa shape index (κ3) is 3.06. The standard InChI is InChI=1S/C16H16F3NO2S/c1-20-15-12(9-3-2-4-11(7-9)16(17,18)19)13(21)14(22-15)10-5-6-23-8-10/h2-4,7,10,14,20H,5-6,8H2,1H3. The Morgan fingerprint density at radius 3 is 2.74 bits per heavy atom. The lowest BCUT2D eigenvalue weighted by molar-refractivity contribution is -0.137. The molecule has 3 nitrogen and oxygen atoms in total. The Hall–Kier alpha value is -1.63. The predicted octanol–water partition coefficient (Wildman–Crippen LogP) is 3.31. The lowest BCUT2D eigenvalue weighted by atomic mass is 9.92. The number of thioether (sulfide) groups is 1. The van der Waals surface area contributed by atoms with Crippen molar-refractivity contribution in [2.24, 2.45) is 5.92 Å². The molecule has 0 spiro atoms. The number of carbonyl (C=O) groups excluding carboxylic acids is 1. The fraction of sp³-hybridized carbons (Fsp3) is 0.438. The molecule has 1 aromatic carbocycles. The van der Waals surface area contributed by atoms with Gasteiger partial charge in [0.2, 0.25) is 5.78 Å². The van der Waals surface area contributed by atoms with E-state index >= 15 is 0 Å². The highest BCUT2D eigenvalue weighted by atomic mass is 32.2. The molecule has 23 heavy (non-hydrogen) atoms. The van der Waals surface area contributed by atoms with Crippen molar-refractivity contribution in [1.82, 2.24) is 5.32 Å². The zero-order valence-electron chi connectivity index (χ0n) is 12.4. The molecule has 1 fully saturated rings. The number of halogens is 3. The minimum absolute atomic E-state index is 0.110. The fourth-order valence-electron chi connectivity index (χ4n) is 2.90. The van der Waals surface area contributed by atoms with Gasteiger partial charge in [-0.1, -0.05) is 12.1 Å². The molecule has 0 aliphatic carbocycles. The normalized spacial score (nSPS) is 25.0. The SMILES string of the molecule is CNC1=C(c2cccc(C(F)(F)F)c2)C(=O)C(C2CCSC2)O1. The van der Waals surface area contributed by atoms with E-state index in [2.05, 4.69) is 5.32 Å². The van der Waals surface area contributed by atoms with Crippen LogP contribution < -0.4 is 5.32 Å². The number of ether oxygens (including phenoxy) is 1. The van der Waals surface area contributed by atoms with Crippen LogP contribution in [0.4, 0.5) is 13.2 Å². The van der Waals surface area contributed by atoms with Crippen LogP contribution in [0, 0.1) is 5.92 Å². The van der Waals surface area contributed by atoms with Crippen molar-refractivity contribution < 1.29 is 22.7 Å². The second-order valence-corrected chi connectivity index (χ2v) is 6.71. The maximum atomic E-state index is 12.9. The maximum absolute atomic E-state index is 12.9. The number of rotatable bonds is 3. The van der Waals surface area contributed by atoms with Crippen LogP contribution in [0.2, 0.25) is 0 Å². The van der Waals surface area contributed by atoms with Crippen LogP contribution in [-0.2, 0) is 15.7 Å². The number of hydrogen-bond donors (Lipinski definition) is 1. The van der Waals surface area contributed by atoms with Gasteiger partial charge >= 0.3 is 6.18 Å². The van der Waals surface area contributed by atoms with Gasteiger partial charge in [-0.25, -0.2) is 0 Å². The zero-order valence-corrected chi connectivity index (χ0v) is 13.3. The number of alkyl halides is 3. The Balaban J connectivity index is 1.95. The van der Waals surface area contributed by atoms with E-state index in [0.717, 1.165) is 30.1 Å². The molecular weight excluding hydrogens is 327 g/mol. The van der Waals surface area contributed by atoms with Crippen molar-refractivity contribution in [2.75, 3.05) is 18.6 Å². The lowest BCUT2D eigenvalue weighted by Crippen LogP contribution is -2.28. The molecule has 0 saturated carbocycles. The highest BCUT2D eigenvalue weighted by Gasteiger charge is 2.42. The molecule has 0 aromatic heterocycles. The summed E-state index contributed by atoms with van der Waals surface area (Å²) in [5, 5.41) is 2.80. The zero-order chi connectivity index (χ0) is 16.6. The largest absolute Gasteiger partial charge is 0.467 e. The van der Waals surface area contributed by atoms with Crippen molar-refractivity contribution in [3.8, 4) is 0 Å². The van der Waals surface area contributed by atoms with Gasteiger partial charge in [0.25, 0.3) is 0 Å². The summed E-state index contributed by atoms with van der Waals surface area (Å²) in [6.45, 7) is 0. The molecule has 3 rings (SSSR count). The second kappa shape index (κ2) is 6.11. The maximum Gasteiger partial charge on any atom is 0.416 e. The van der Waals surface area contributed by atoms with E-state index in [9.17, 15) is 18.0 Å². The molecule has 0 bridgehead atoms. The summed E-state index contributed by atoms with van der Waals surface area (Å²) in [6.07, 6.45) is -4.16. The van der Waals surface area contributed by atoms with Gasteiger partial charge < -0.3 is 10.1 Å². The Morgan fingerprint density at radius 2 is 2.13 bits per heavy atom.